The molecule has 0 radical (unpaired) electrons. The molecule has 1 aromatic rings. The van der Waals surface area contributed by atoms with Crippen molar-refractivity contribution in [2.45, 2.75) is 58.7 Å². The Balaban J connectivity index is 1.68. The van der Waals surface area contributed by atoms with Gasteiger partial charge in [-0.15, -0.1) is 0 Å². The maximum atomic E-state index is 12.1. The van der Waals surface area contributed by atoms with Gasteiger partial charge in [-0.1, -0.05) is 19.0 Å². The van der Waals surface area contributed by atoms with Gasteiger partial charge in [0.15, 0.2) is 5.82 Å². The minimum Gasteiger partial charge on any atom is -0.372 e. The fraction of sp³-hybridized carbons (Fsp3) is 0.800. The summed E-state index contributed by atoms with van der Waals surface area (Å²) in [6.45, 7) is 9.89. The fourth-order valence-corrected chi connectivity index (χ4v) is 2.49. The molecule has 2 atom stereocenters. The number of hydrogen-bond acceptors (Lipinski definition) is 5. The second-order valence-electron chi connectivity index (χ2n) is 6.20. The van der Waals surface area contributed by atoms with Gasteiger partial charge in [0.05, 0.1) is 12.2 Å². The third-order valence-corrected chi connectivity index (χ3v) is 3.55. The minimum absolute atomic E-state index is 0.0320. The molecule has 2 rings (SSSR count). The van der Waals surface area contributed by atoms with Crippen LogP contribution in [0.4, 0.5) is 4.79 Å². The van der Waals surface area contributed by atoms with Gasteiger partial charge in [-0.2, -0.15) is 4.98 Å². The molecule has 1 saturated heterocycles. The lowest BCUT2D eigenvalue weighted by Gasteiger charge is -2.35. The number of urea groups is 1. The lowest BCUT2D eigenvalue weighted by molar-refractivity contribution is -0.0545. The molecular formula is C15H26N4O3. The van der Waals surface area contributed by atoms with Crippen LogP contribution in [0, 0.1) is 0 Å². The van der Waals surface area contributed by atoms with Crippen molar-refractivity contribution in [1.29, 1.82) is 0 Å². The summed E-state index contributed by atoms with van der Waals surface area (Å²) in [5.41, 5.74) is 0. The van der Waals surface area contributed by atoms with Gasteiger partial charge < -0.3 is 19.5 Å². The number of aryl methyl sites for hydroxylation is 1. The molecule has 0 aromatic carbocycles. The first-order chi connectivity index (χ1) is 10.5. The summed E-state index contributed by atoms with van der Waals surface area (Å²) in [5.74, 6) is 1.63. The van der Waals surface area contributed by atoms with Crippen molar-refractivity contribution >= 4 is 6.03 Å². The largest absolute Gasteiger partial charge is 0.372 e. The molecular weight excluding hydrogens is 284 g/mol. The molecule has 0 bridgehead atoms. The van der Waals surface area contributed by atoms with Gasteiger partial charge in [0, 0.05) is 32.0 Å². The lowest BCUT2D eigenvalue weighted by Crippen LogP contribution is -2.51. The van der Waals surface area contributed by atoms with E-state index >= 15 is 0 Å². The molecule has 2 amide bonds. The molecule has 1 N–H and O–H groups in total. The van der Waals surface area contributed by atoms with E-state index in [0.29, 0.717) is 31.9 Å². The normalized spacial score (nSPS) is 22.1. The van der Waals surface area contributed by atoms with E-state index < -0.39 is 0 Å². The summed E-state index contributed by atoms with van der Waals surface area (Å²) in [7, 11) is 0. The summed E-state index contributed by atoms with van der Waals surface area (Å²) >= 11 is 0. The van der Waals surface area contributed by atoms with Crippen LogP contribution < -0.4 is 5.32 Å². The lowest BCUT2D eigenvalue weighted by atomic mass is 10.2. The molecule has 7 heteroatoms. The second-order valence-corrected chi connectivity index (χ2v) is 6.20. The molecule has 0 saturated carbocycles. The zero-order chi connectivity index (χ0) is 16.1. The molecule has 1 aliphatic heterocycles. The Morgan fingerprint density at radius 3 is 2.64 bits per heavy atom. The van der Waals surface area contributed by atoms with Crippen LogP contribution in [0.2, 0.25) is 0 Å². The van der Waals surface area contributed by atoms with Gasteiger partial charge in [0.1, 0.15) is 0 Å². The number of carbonyl (C=O) groups excluding carboxylic acids is 1. The maximum Gasteiger partial charge on any atom is 0.317 e. The average molecular weight is 310 g/mol. The number of nitrogens with one attached hydrogen (secondary N) is 1. The first-order valence-corrected chi connectivity index (χ1v) is 7.96. The smallest absolute Gasteiger partial charge is 0.317 e. The maximum absolute atomic E-state index is 12.1. The van der Waals surface area contributed by atoms with E-state index in [9.17, 15) is 4.79 Å². The number of rotatable bonds is 5. The molecule has 1 aromatic heterocycles. The molecule has 124 valence electrons. The topological polar surface area (TPSA) is 80.5 Å². The van der Waals surface area contributed by atoms with Crippen LogP contribution in [0.25, 0.3) is 0 Å². The summed E-state index contributed by atoms with van der Waals surface area (Å²) in [6.07, 6.45) is 1.63. The number of amides is 2. The predicted octanol–water partition coefficient (Wildman–Crippen LogP) is 1.94. The SMILES string of the molecule is CC(C)c1noc(CCCNC(=O)N2C[C@H](C)O[C@@H](C)C2)n1. The third kappa shape index (κ3) is 4.69. The Bertz CT molecular complexity index is 479. The van der Waals surface area contributed by atoms with E-state index in [1.54, 1.807) is 0 Å². The zero-order valence-corrected chi connectivity index (χ0v) is 13.8. The highest BCUT2D eigenvalue weighted by Crippen LogP contribution is 2.11. The highest BCUT2D eigenvalue weighted by molar-refractivity contribution is 5.74. The number of nitrogens with zero attached hydrogens (tertiary/aromatic N) is 3. The Labute approximate surface area is 131 Å². The molecule has 0 unspecified atom stereocenters. The highest BCUT2D eigenvalue weighted by Gasteiger charge is 2.25. The standard InChI is InChI=1S/C15H26N4O3/c1-10(2)14-17-13(22-18-14)6-5-7-16-15(20)19-8-11(3)21-12(4)9-19/h10-12H,5-9H2,1-4H3,(H,16,20)/t11-,12-/m0/s1. The fourth-order valence-electron chi connectivity index (χ4n) is 2.49. The van der Waals surface area contributed by atoms with Crippen LogP contribution in [0.15, 0.2) is 4.52 Å². The van der Waals surface area contributed by atoms with Crippen molar-refractivity contribution in [2.75, 3.05) is 19.6 Å². The number of hydrogen-bond donors (Lipinski definition) is 1. The first-order valence-electron chi connectivity index (χ1n) is 7.96. The molecule has 7 nitrogen and oxygen atoms in total. The number of morpholine rings is 1. The molecule has 1 fully saturated rings. The third-order valence-electron chi connectivity index (χ3n) is 3.55. The average Bonchev–Trinajstić information content (AvgIpc) is 2.91. The van der Waals surface area contributed by atoms with Gasteiger partial charge in [-0.25, -0.2) is 4.79 Å². The molecule has 2 heterocycles. The highest BCUT2D eigenvalue weighted by atomic mass is 16.5. The van der Waals surface area contributed by atoms with Crippen molar-refractivity contribution in [3.05, 3.63) is 11.7 Å². The van der Waals surface area contributed by atoms with Crippen LogP contribution in [0.1, 0.15) is 51.7 Å². The van der Waals surface area contributed by atoms with Crippen LogP contribution in [0.3, 0.4) is 0 Å². The van der Waals surface area contributed by atoms with E-state index in [1.165, 1.54) is 0 Å². The van der Waals surface area contributed by atoms with Crippen molar-refractivity contribution in [3.8, 4) is 0 Å². The van der Waals surface area contributed by atoms with Crippen LogP contribution >= 0.6 is 0 Å². The second kappa shape index (κ2) is 7.58. The summed E-state index contributed by atoms with van der Waals surface area (Å²) in [5, 5.41) is 6.86. The minimum atomic E-state index is -0.0320. The van der Waals surface area contributed by atoms with Crippen molar-refractivity contribution in [2.24, 2.45) is 0 Å². The van der Waals surface area contributed by atoms with Crippen LogP contribution in [0.5, 0.6) is 0 Å². The van der Waals surface area contributed by atoms with E-state index in [1.807, 2.05) is 32.6 Å². The molecule has 0 aliphatic carbocycles. The Morgan fingerprint density at radius 1 is 1.36 bits per heavy atom. The summed E-state index contributed by atoms with van der Waals surface area (Å²) in [4.78, 5) is 18.2. The van der Waals surface area contributed by atoms with E-state index in [2.05, 4.69) is 15.5 Å². The Morgan fingerprint density at radius 2 is 2.05 bits per heavy atom. The van der Waals surface area contributed by atoms with Gasteiger partial charge in [-0.05, 0) is 20.3 Å². The number of ether oxygens (including phenoxy) is 1. The van der Waals surface area contributed by atoms with Crippen molar-refractivity contribution in [1.82, 2.24) is 20.4 Å². The molecule has 1 aliphatic rings. The van der Waals surface area contributed by atoms with Gasteiger partial charge >= 0.3 is 6.03 Å². The van der Waals surface area contributed by atoms with Gasteiger partial charge in [-0.3, -0.25) is 0 Å². The van der Waals surface area contributed by atoms with E-state index in [4.69, 9.17) is 9.26 Å². The quantitative estimate of drug-likeness (QED) is 0.841. The van der Waals surface area contributed by atoms with Gasteiger partial charge in [0.2, 0.25) is 5.89 Å². The van der Waals surface area contributed by atoms with Gasteiger partial charge in [0.25, 0.3) is 0 Å². The summed E-state index contributed by atoms with van der Waals surface area (Å²) < 4.78 is 10.8. The first kappa shape index (κ1) is 16.7. The summed E-state index contributed by atoms with van der Waals surface area (Å²) in [6, 6.07) is -0.0320. The molecule has 22 heavy (non-hydrogen) atoms. The Kier molecular flexibility index (Phi) is 5.76. The van der Waals surface area contributed by atoms with E-state index in [0.717, 1.165) is 12.2 Å². The Hall–Kier alpha value is -1.63. The number of aromatic nitrogens is 2. The number of carbonyl (C=O) groups is 1. The van der Waals surface area contributed by atoms with Crippen LogP contribution in [-0.4, -0.2) is 52.9 Å². The van der Waals surface area contributed by atoms with Crippen molar-refractivity contribution in [3.63, 3.8) is 0 Å². The van der Waals surface area contributed by atoms with E-state index in [-0.39, 0.29) is 24.2 Å². The molecule has 0 spiro atoms. The van der Waals surface area contributed by atoms with Crippen LogP contribution in [-0.2, 0) is 11.2 Å². The predicted molar refractivity (Wildman–Crippen MR) is 81.7 cm³/mol. The van der Waals surface area contributed by atoms with Crippen molar-refractivity contribution < 1.29 is 14.1 Å². The monoisotopic (exact) mass is 310 g/mol. The zero-order valence-electron chi connectivity index (χ0n) is 13.8.